The van der Waals surface area contributed by atoms with Crippen molar-refractivity contribution in [3.63, 3.8) is 0 Å². The molecule has 3 fully saturated rings. The highest BCUT2D eigenvalue weighted by molar-refractivity contribution is 5.17. The Morgan fingerprint density at radius 1 is 0.824 bits per heavy atom. The first-order valence-corrected chi connectivity index (χ1v) is 6.01. The van der Waals surface area contributed by atoms with Crippen LogP contribution in [0.5, 0.6) is 0 Å². The molecule has 4 heteroatoms. The highest BCUT2D eigenvalue weighted by Gasteiger charge is 2.55. The first-order valence-electron chi connectivity index (χ1n) is 6.01. The lowest BCUT2D eigenvalue weighted by Gasteiger charge is -2.37. The summed E-state index contributed by atoms with van der Waals surface area (Å²) >= 11 is 0. The summed E-state index contributed by atoms with van der Waals surface area (Å²) in [6, 6.07) is 9.99. The van der Waals surface area contributed by atoms with E-state index in [1.807, 2.05) is 30.3 Å². The van der Waals surface area contributed by atoms with Crippen molar-refractivity contribution in [3.8, 4) is 0 Å². The fourth-order valence-corrected chi connectivity index (χ4v) is 2.56. The van der Waals surface area contributed by atoms with Crippen LogP contribution in [0.4, 0.5) is 0 Å². The zero-order valence-corrected chi connectivity index (χ0v) is 9.32. The van der Waals surface area contributed by atoms with Crippen molar-refractivity contribution in [3.05, 3.63) is 35.9 Å². The summed E-state index contributed by atoms with van der Waals surface area (Å²) in [4.78, 5) is 0. The zero-order valence-electron chi connectivity index (χ0n) is 9.32. The topological polar surface area (TPSA) is 40.2 Å². The third-order valence-corrected chi connectivity index (χ3v) is 3.55. The van der Waals surface area contributed by atoms with Crippen LogP contribution in [0.3, 0.4) is 0 Å². The summed E-state index contributed by atoms with van der Waals surface area (Å²) < 4.78 is 22.8. The van der Waals surface area contributed by atoms with E-state index in [1.54, 1.807) is 0 Å². The number of ether oxygens (including phenoxy) is 4. The van der Waals surface area contributed by atoms with E-state index in [2.05, 4.69) is 0 Å². The van der Waals surface area contributed by atoms with Gasteiger partial charge in [0.1, 0.15) is 24.4 Å². The van der Waals surface area contributed by atoms with Crippen molar-refractivity contribution in [2.24, 2.45) is 0 Å². The van der Waals surface area contributed by atoms with E-state index in [0.29, 0.717) is 13.2 Å². The van der Waals surface area contributed by atoms with Crippen LogP contribution < -0.4 is 0 Å². The highest BCUT2D eigenvalue weighted by atomic mass is 16.7. The normalized spacial score (nSPS) is 43.6. The lowest BCUT2D eigenvalue weighted by Crippen LogP contribution is -2.49. The largest absolute Gasteiger partial charge is 0.370 e. The monoisotopic (exact) mass is 234 g/mol. The van der Waals surface area contributed by atoms with Crippen LogP contribution >= 0.6 is 0 Å². The van der Waals surface area contributed by atoms with Crippen molar-refractivity contribution in [1.29, 1.82) is 0 Å². The summed E-state index contributed by atoms with van der Waals surface area (Å²) in [5.41, 5.74) is 1.05. The van der Waals surface area contributed by atoms with E-state index in [-0.39, 0.29) is 30.7 Å². The highest BCUT2D eigenvalue weighted by Crippen LogP contribution is 2.40. The molecule has 0 aliphatic carbocycles. The molecule has 4 rings (SSSR count). The molecule has 3 saturated heterocycles. The molecule has 0 bridgehead atoms. The number of benzene rings is 1. The Kier molecular flexibility index (Phi) is 2.23. The first kappa shape index (κ1) is 10.0. The molecule has 4 nitrogen and oxygen atoms in total. The Labute approximate surface area is 99.4 Å². The van der Waals surface area contributed by atoms with Crippen molar-refractivity contribution in [2.75, 3.05) is 13.2 Å². The molecule has 0 radical (unpaired) electrons. The van der Waals surface area contributed by atoms with Crippen LogP contribution in [0, 0.1) is 0 Å². The molecule has 17 heavy (non-hydrogen) atoms. The SMILES string of the molecule is c1ccc([C@@H]2OCC3OCC4OC4[C@@H]3O2)cc1. The predicted octanol–water partition coefficient (Wildman–Crippen LogP) is 1.27. The standard InChI is InChI=1S/C13H14O4/c1-2-4-8(5-3-1)13-15-6-9-11(17-13)12-10(16-12)7-14-9/h1-5,9-13H,6-7H2/t9?,10?,11-,12?,13-/m1/s1. The van der Waals surface area contributed by atoms with Crippen molar-refractivity contribution in [2.45, 2.75) is 30.7 Å². The minimum atomic E-state index is -0.288. The maximum absolute atomic E-state index is 5.96. The molecule has 1 aromatic carbocycles. The lowest BCUT2D eigenvalue weighted by molar-refractivity contribution is -0.273. The van der Waals surface area contributed by atoms with E-state index < -0.39 is 0 Å². The van der Waals surface area contributed by atoms with Crippen molar-refractivity contribution in [1.82, 2.24) is 0 Å². The third-order valence-electron chi connectivity index (χ3n) is 3.55. The molecule has 3 heterocycles. The Bertz CT molecular complexity index is 407. The number of fused-ring (bicyclic) bond motifs is 3. The van der Waals surface area contributed by atoms with Crippen LogP contribution in [0.2, 0.25) is 0 Å². The second-order valence-corrected chi connectivity index (χ2v) is 4.69. The van der Waals surface area contributed by atoms with E-state index >= 15 is 0 Å². The fraction of sp³-hybridized carbons (Fsp3) is 0.538. The fourth-order valence-electron chi connectivity index (χ4n) is 2.56. The van der Waals surface area contributed by atoms with Crippen LogP contribution in [0.1, 0.15) is 11.9 Å². The van der Waals surface area contributed by atoms with E-state index in [4.69, 9.17) is 18.9 Å². The maximum atomic E-state index is 5.96. The molecule has 1 aromatic rings. The Morgan fingerprint density at radius 3 is 2.47 bits per heavy atom. The van der Waals surface area contributed by atoms with Gasteiger partial charge in [0.15, 0.2) is 6.29 Å². The molecule has 0 saturated carbocycles. The quantitative estimate of drug-likeness (QED) is 0.686. The minimum Gasteiger partial charge on any atom is -0.370 e. The molecule has 3 aliphatic heterocycles. The van der Waals surface area contributed by atoms with Gasteiger partial charge in [0.25, 0.3) is 0 Å². The Morgan fingerprint density at radius 2 is 1.59 bits per heavy atom. The summed E-state index contributed by atoms with van der Waals surface area (Å²) in [7, 11) is 0. The van der Waals surface area contributed by atoms with Gasteiger partial charge in [-0.3, -0.25) is 0 Å². The van der Waals surface area contributed by atoms with Gasteiger partial charge in [-0.25, -0.2) is 0 Å². The second-order valence-electron chi connectivity index (χ2n) is 4.69. The molecule has 0 spiro atoms. The average molecular weight is 234 g/mol. The van der Waals surface area contributed by atoms with Crippen LogP contribution in [0.25, 0.3) is 0 Å². The van der Waals surface area contributed by atoms with Gasteiger partial charge in [-0.15, -0.1) is 0 Å². The summed E-state index contributed by atoms with van der Waals surface area (Å²) in [6.45, 7) is 1.26. The lowest BCUT2D eigenvalue weighted by atomic mass is 10.0. The smallest absolute Gasteiger partial charge is 0.184 e. The van der Waals surface area contributed by atoms with Gasteiger partial charge in [-0.1, -0.05) is 30.3 Å². The van der Waals surface area contributed by atoms with Gasteiger partial charge in [-0.05, 0) is 0 Å². The predicted molar refractivity (Wildman–Crippen MR) is 58.4 cm³/mol. The van der Waals surface area contributed by atoms with Gasteiger partial charge >= 0.3 is 0 Å². The van der Waals surface area contributed by atoms with Gasteiger partial charge in [-0.2, -0.15) is 0 Å². The summed E-state index contributed by atoms with van der Waals surface area (Å²) in [5.74, 6) is 0. The number of epoxide rings is 1. The molecular formula is C13H14O4. The second kappa shape index (κ2) is 3.78. The molecule has 3 unspecified atom stereocenters. The van der Waals surface area contributed by atoms with E-state index in [1.165, 1.54) is 0 Å². The van der Waals surface area contributed by atoms with Gasteiger partial charge in [0, 0.05) is 5.56 Å². The molecule has 0 N–H and O–H groups in total. The van der Waals surface area contributed by atoms with Crippen LogP contribution in [0.15, 0.2) is 30.3 Å². The van der Waals surface area contributed by atoms with Gasteiger partial charge in [0.2, 0.25) is 0 Å². The first-order chi connectivity index (χ1) is 8.42. The average Bonchev–Trinajstić information content (AvgIpc) is 3.19. The summed E-state index contributed by atoms with van der Waals surface area (Å²) in [6.07, 6.45) is 0.213. The molecule has 3 aliphatic rings. The van der Waals surface area contributed by atoms with E-state index in [0.717, 1.165) is 5.56 Å². The number of hydrogen-bond acceptors (Lipinski definition) is 4. The molecule has 0 amide bonds. The number of hydrogen-bond donors (Lipinski definition) is 0. The van der Waals surface area contributed by atoms with Crippen LogP contribution in [-0.4, -0.2) is 37.6 Å². The third kappa shape index (κ3) is 1.68. The van der Waals surface area contributed by atoms with E-state index in [9.17, 15) is 0 Å². The Hall–Kier alpha value is -0.940. The van der Waals surface area contributed by atoms with Crippen LogP contribution in [-0.2, 0) is 18.9 Å². The number of rotatable bonds is 1. The Balaban J connectivity index is 1.53. The molecule has 90 valence electrons. The van der Waals surface area contributed by atoms with Gasteiger partial charge in [0.05, 0.1) is 13.2 Å². The zero-order chi connectivity index (χ0) is 11.2. The molecule has 5 atom stereocenters. The minimum absolute atomic E-state index is 0.0210. The molecular weight excluding hydrogens is 220 g/mol. The maximum Gasteiger partial charge on any atom is 0.184 e. The molecule has 0 aromatic heterocycles. The van der Waals surface area contributed by atoms with Crippen molar-refractivity contribution >= 4 is 0 Å². The van der Waals surface area contributed by atoms with Gasteiger partial charge < -0.3 is 18.9 Å². The van der Waals surface area contributed by atoms with Crippen molar-refractivity contribution < 1.29 is 18.9 Å². The summed E-state index contributed by atoms with van der Waals surface area (Å²) in [5, 5.41) is 0.